The zero-order valence-electron chi connectivity index (χ0n) is 14.0. The number of halogens is 3. The SMILES string of the molecule is O=C(N/N=C\c1ccc(C(F)(F)F)cc1)c1ccc(N2CCCC2)cc1. The molecule has 136 valence electrons. The van der Waals surface area contributed by atoms with Crippen molar-refractivity contribution < 1.29 is 18.0 Å². The quantitative estimate of drug-likeness (QED) is 0.659. The minimum Gasteiger partial charge on any atom is -0.372 e. The summed E-state index contributed by atoms with van der Waals surface area (Å²) in [5, 5.41) is 3.79. The predicted molar refractivity (Wildman–Crippen MR) is 94.4 cm³/mol. The molecule has 1 aliphatic heterocycles. The molecule has 1 saturated heterocycles. The molecule has 0 saturated carbocycles. The fraction of sp³-hybridized carbons (Fsp3) is 0.263. The Morgan fingerprint density at radius 1 is 1.00 bits per heavy atom. The summed E-state index contributed by atoms with van der Waals surface area (Å²) in [7, 11) is 0. The molecule has 0 spiro atoms. The van der Waals surface area contributed by atoms with Crippen LogP contribution in [0.3, 0.4) is 0 Å². The van der Waals surface area contributed by atoms with Gasteiger partial charge < -0.3 is 4.90 Å². The lowest BCUT2D eigenvalue weighted by molar-refractivity contribution is -0.137. The van der Waals surface area contributed by atoms with Gasteiger partial charge >= 0.3 is 6.18 Å². The molecule has 26 heavy (non-hydrogen) atoms. The average Bonchev–Trinajstić information content (AvgIpc) is 3.16. The van der Waals surface area contributed by atoms with Gasteiger partial charge in [-0.05, 0) is 54.8 Å². The number of nitrogens with zero attached hydrogens (tertiary/aromatic N) is 2. The van der Waals surface area contributed by atoms with E-state index < -0.39 is 11.7 Å². The second-order valence-corrected chi connectivity index (χ2v) is 6.06. The standard InChI is InChI=1S/C19H18F3N3O/c20-19(21,22)16-7-3-14(4-8-16)13-23-24-18(26)15-5-9-17(10-6-15)25-11-1-2-12-25/h3-10,13H,1-2,11-12H2,(H,24,26)/b23-13-. The van der Waals surface area contributed by atoms with Crippen LogP contribution in [0.4, 0.5) is 18.9 Å². The van der Waals surface area contributed by atoms with E-state index in [1.54, 1.807) is 12.1 Å². The highest BCUT2D eigenvalue weighted by atomic mass is 19.4. The van der Waals surface area contributed by atoms with Crippen LogP contribution in [-0.4, -0.2) is 25.2 Å². The van der Waals surface area contributed by atoms with Crippen LogP contribution in [0.1, 0.15) is 34.3 Å². The first-order valence-electron chi connectivity index (χ1n) is 8.29. The number of alkyl halides is 3. The average molecular weight is 361 g/mol. The molecule has 1 heterocycles. The summed E-state index contributed by atoms with van der Waals surface area (Å²) in [4.78, 5) is 14.3. The lowest BCUT2D eigenvalue weighted by Crippen LogP contribution is -2.19. The van der Waals surface area contributed by atoms with Crippen LogP contribution in [0.25, 0.3) is 0 Å². The van der Waals surface area contributed by atoms with Crippen LogP contribution in [-0.2, 0) is 6.18 Å². The number of rotatable bonds is 4. The minimum absolute atomic E-state index is 0.374. The smallest absolute Gasteiger partial charge is 0.372 e. The molecule has 1 amide bonds. The van der Waals surface area contributed by atoms with Crippen molar-refractivity contribution in [3.05, 3.63) is 65.2 Å². The Labute approximate surface area is 149 Å². The zero-order valence-corrected chi connectivity index (χ0v) is 14.0. The van der Waals surface area contributed by atoms with E-state index in [1.807, 2.05) is 12.1 Å². The first-order chi connectivity index (χ1) is 12.4. The predicted octanol–water partition coefficient (Wildman–Crippen LogP) is 4.07. The molecule has 2 aromatic rings. The summed E-state index contributed by atoms with van der Waals surface area (Å²) >= 11 is 0. The third-order valence-electron chi connectivity index (χ3n) is 4.22. The van der Waals surface area contributed by atoms with Gasteiger partial charge in [-0.1, -0.05) is 12.1 Å². The molecule has 1 N–H and O–H groups in total. The molecule has 0 aliphatic carbocycles. The van der Waals surface area contributed by atoms with Crippen LogP contribution in [0, 0.1) is 0 Å². The van der Waals surface area contributed by atoms with E-state index in [0.717, 1.165) is 30.9 Å². The summed E-state index contributed by atoms with van der Waals surface area (Å²) in [6.07, 6.45) is -0.705. The van der Waals surface area contributed by atoms with E-state index >= 15 is 0 Å². The molecule has 0 aromatic heterocycles. The largest absolute Gasteiger partial charge is 0.416 e. The molecule has 1 fully saturated rings. The molecule has 2 aromatic carbocycles. The number of anilines is 1. The summed E-state index contributed by atoms with van der Waals surface area (Å²) in [6.45, 7) is 2.06. The van der Waals surface area contributed by atoms with Gasteiger partial charge in [0.2, 0.25) is 0 Å². The Hall–Kier alpha value is -2.83. The maximum atomic E-state index is 12.5. The van der Waals surface area contributed by atoms with E-state index in [2.05, 4.69) is 15.4 Å². The third-order valence-corrected chi connectivity index (χ3v) is 4.22. The van der Waals surface area contributed by atoms with E-state index in [-0.39, 0.29) is 5.91 Å². The number of hydrazone groups is 1. The van der Waals surface area contributed by atoms with Gasteiger partial charge in [0.05, 0.1) is 11.8 Å². The van der Waals surface area contributed by atoms with Crippen molar-refractivity contribution in [3.8, 4) is 0 Å². The van der Waals surface area contributed by atoms with Crippen molar-refractivity contribution in [3.63, 3.8) is 0 Å². The van der Waals surface area contributed by atoms with Crippen molar-refractivity contribution in [2.45, 2.75) is 19.0 Å². The second-order valence-electron chi connectivity index (χ2n) is 6.06. The van der Waals surface area contributed by atoms with Crippen LogP contribution in [0.15, 0.2) is 53.6 Å². The number of carbonyl (C=O) groups excluding carboxylic acids is 1. The molecular formula is C19H18F3N3O. The van der Waals surface area contributed by atoms with E-state index in [9.17, 15) is 18.0 Å². The number of hydrogen-bond acceptors (Lipinski definition) is 3. The Balaban J connectivity index is 1.57. The lowest BCUT2D eigenvalue weighted by atomic mass is 10.1. The second kappa shape index (κ2) is 7.59. The molecule has 0 radical (unpaired) electrons. The third kappa shape index (κ3) is 4.41. The van der Waals surface area contributed by atoms with Gasteiger partial charge in [-0.2, -0.15) is 18.3 Å². The van der Waals surface area contributed by atoms with Gasteiger partial charge in [-0.15, -0.1) is 0 Å². The number of nitrogens with one attached hydrogen (secondary N) is 1. The van der Waals surface area contributed by atoms with E-state index in [4.69, 9.17) is 0 Å². The van der Waals surface area contributed by atoms with Crippen LogP contribution in [0.5, 0.6) is 0 Å². The molecule has 0 unspecified atom stereocenters. The first-order valence-corrected chi connectivity index (χ1v) is 8.29. The van der Waals surface area contributed by atoms with Gasteiger partial charge in [0.1, 0.15) is 0 Å². The van der Waals surface area contributed by atoms with Crippen molar-refractivity contribution >= 4 is 17.8 Å². The number of carbonyl (C=O) groups is 1. The number of hydrogen-bond donors (Lipinski definition) is 1. The van der Waals surface area contributed by atoms with E-state index in [1.165, 1.54) is 31.2 Å². The van der Waals surface area contributed by atoms with Gasteiger partial charge in [-0.3, -0.25) is 4.79 Å². The minimum atomic E-state index is -4.37. The van der Waals surface area contributed by atoms with Gasteiger partial charge in [0.15, 0.2) is 0 Å². The summed E-state index contributed by atoms with van der Waals surface area (Å²) in [5.41, 5.74) is 3.67. The topological polar surface area (TPSA) is 44.7 Å². The number of benzene rings is 2. The fourth-order valence-electron chi connectivity index (χ4n) is 2.79. The van der Waals surface area contributed by atoms with E-state index in [0.29, 0.717) is 11.1 Å². The molecule has 1 aliphatic rings. The van der Waals surface area contributed by atoms with Gasteiger partial charge in [0, 0.05) is 24.3 Å². The van der Waals surface area contributed by atoms with Crippen molar-refractivity contribution in [1.82, 2.24) is 5.43 Å². The molecular weight excluding hydrogens is 343 g/mol. The maximum Gasteiger partial charge on any atom is 0.416 e. The highest BCUT2D eigenvalue weighted by Crippen LogP contribution is 2.28. The Kier molecular flexibility index (Phi) is 5.25. The Bertz CT molecular complexity index is 777. The fourth-order valence-corrected chi connectivity index (χ4v) is 2.79. The van der Waals surface area contributed by atoms with Crippen molar-refractivity contribution in [2.24, 2.45) is 5.10 Å². The lowest BCUT2D eigenvalue weighted by Gasteiger charge is -2.17. The molecule has 4 nitrogen and oxygen atoms in total. The van der Waals surface area contributed by atoms with Gasteiger partial charge in [0.25, 0.3) is 5.91 Å². The summed E-state index contributed by atoms with van der Waals surface area (Å²) in [5.74, 6) is -0.374. The zero-order chi connectivity index (χ0) is 18.6. The molecule has 3 rings (SSSR count). The van der Waals surface area contributed by atoms with Crippen LogP contribution < -0.4 is 10.3 Å². The molecule has 0 atom stereocenters. The van der Waals surface area contributed by atoms with Crippen LogP contribution in [0.2, 0.25) is 0 Å². The number of amides is 1. The summed E-state index contributed by atoms with van der Waals surface area (Å²) < 4.78 is 37.5. The highest BCUT2D eigenvalue weighted by Gasteiger charge is 2.29. The van der Waals surface area contributed by atoms with Crippen molar-refractivity contribution in [1.29, 1.82) is 0 Å². The van der Waals surface area contributed by atoms with Crippen molar-refractivity contribution in [2.75, 3.05) is 18.0 Å². The highest BCUT2D eigenvalue weighted by molar-refractivity contribution is 5.95. The first kappa shape index (κ1) is 18.0. The van der Waals surface area contributed by atoms with Crippen LogP contribution >= 0.6 is 0 Å². The monoisotopic (exact) mass is 361 g/mol. The maximum absolute atomic E-state index is 12.5. The Morgan fingerprint density at radius 3 is 2.19 bits per heavy atom. The summed E-state index contributed by atoms with van der Waals surface area (Å²) in [6, 6.07) is 11.8. The Morgan fingerprint density at radius 2 is 1.62 bits per heavy atom. The van der Waals surface area contributed by atoms with Gasteiger partial charge in [-0.25, -0.2) is 5.43 Å². The molecule has 7 heteroatoms. The molecule has 0 bridgehead atoms. The normalized spacial score (nSPS) is 14.8.